The first-order valence-electron chi connectivity index (χ1n) is 6.31. The number of halogens is 3. The van der Waals surface area contributed by atoms with Gasteiger partial charge in [0, 0.05) is 0 Å². The number of carbonyl (C=O) groups excluding carboxylic acids is 1. The van der Waals surface area contributed by atoms with E-state index < -0.39 is 23.8 Å². The van der Waals surface area contributed by atoms with Gasteiger partial charge in [0.25, 0.3) is 0 Å². The molecule has 0 spiro atoms. The van der Waals surface area contributed by atoms with Crippen molar-refractivity contribution in [2.24, 2.45) is 0 Å². The Hall–Kier alpha value is -2.35. The van der Waals surface area contributed by atoms with Crippen LogP contribution in [0.15, 0.2) is 35.1 Å². The van der Waals surface area contributed by atoms with Gasteiger partial charge in [-0.05, 0) is 24.6 Å². The first-order valence-corrected chi connectivity index (χ1v) is 6.31. The summed E-state index contributed by atoms with van der Waals surface area (Å²) in [6.07, 6.45) is -4.85. The molecular weight excluding hydrogens is 303 g/mol. The lowest BCUT2D eigenvalue weighted by atomic mass is 10.0. The topological polar surface area (TPSA) is 72.6 Å². The van der Waals surface area contributed by atoms with Gasteiger partial charge < -0.3 is 14.4 Å². The molecule has 0 amide bonds. The number of nitrogens with zero attached hydrogens (tertiary/aromatic N) is 1. The Balaban J connectivity index is 2.27. The minimum atomic E-state index is -4.46. The van der Waals surface area contributed by atoms with Gasteiger partial charge in [0.15, 0.2) is 0 Å². The predicted molar refractivity (Wildman–Crippen MR) is 68.0 cm³/mol. The minimum absolute atomic E-state index is 0.0748. The summed E-state index contributed by atoms with van der Waals surface area (Å²) in [5, 5.41) is 13.7. The summed E-state index contributed by atoms with van der Waals surface area (Å²) in [5.74, 6) is -0.732. The molecule has 0 bridgehead atoms. The highest BCUT2D eigenvalue weighted by Crippen LogP contribution is 2.31. The Morgan fingerprint density at radius 3 is 2.55 bits per heavy atom. The molecule has 0 saturated heterocycles. The van der Waals surface area contributed by atoms with Crippen LogP contribution in [0.4, 0.5) is 13.2 Å². The van der Waals surface area contributed by atoms with E-state index in [1.54, 1.807) is 6.92 Å². The molecule has 1 aromatic carbocycles. The number of aliphatic hydroxyl groups is 1. The molecule has 8 heteroatoms. The molecule has 0 saturated carbocycles. The highest BCUT2D eigenvalue weighted by molar-refractivity contribution is 5.90. The van der Waals surface area contributed by atoms with E-state index in [1.807, 2.05) is 0 Å². The van der Waals surface area contributed by atoms with Crippen molar-refractivity contribution in [2.75, 3.05) is 6.61 Å². The lowest BCUT2D eigenvalue weighted by Gasteiger charge is -2.11. The second kappa shape index (κ2) is 6.18. The summed E-state index contributed by atoms with van der Waals surface area (Å²) in [7, 11) is 0. The zero-order chi connectivity index (χ0) is 16.3. The average molecular weight is 315 g/mol. The van der Waals surface area contributed by atoms with E-state index in [9.17, 15) is 23.1 Å². The van der Waals surface area contributed by atoms with E-state index in [0.29, 0.717) is 0 Å². The van der Waals surface area contributed by atoms with Gasteiger partial charge in [-0.2, -0.15) is 13.2 Å². The fourth-order valence-corrected chi connectivity index (χ4v) is 1.82. The number of rotatable bonds is 4. The lowest BCUT2D eigenvalue weighted by Crippen LogP contribution is -2.11. The van der Waals surface area contributed by atoms with Crippen LogP contribution in [0.2, 0.25) is 0 Å². The molecule has 5 nitrogen and oxygen atoms in total. The van der Waals surface area contributed by atoms with Crippen LogP contribution >= 0.6 is 0 Å². The molecule has 0 aliphatic rings. The monoisotopic (exact) mass is 315 g/mol. The van der Waals surface area contributed by atoms with Crippen LogP contribution in [0, 0.1) is 0 Å². The van der Waals surface area contributed by atoms with Crippen LogP contribution in [-0.2, 0) is 10.9 Å². The smallest absolute Gasteiger partial charge is 0.416 e. The third kappa shape index (κ3) is 3.28. The highest BCUT2D eigenvalue weighted by atomic mass is 19.4. The molecule has 0 fully saturated rings. The van der Waals surface area contributed by atoms with Gasteiger partial charge in [-0.3, -0.25) is 0 Å². The second-order valence-electron chi connectivity index (χ2n) is 4.36. The normalized spacial score (nSPS) is 13.0. The number of ether oxygens (including phenoxy) is 1. The third-order valence-corrected chi connectivity index (χ3v) is 2.91. The van der Waals surface area contributed by atoms with Crippen LogP contribution < -0.4 is 0 Å². The molecule has 1 heterocycles. The molecule has 0 radical (unpaired) electrons. The van der Waals surface area contributed by atoms with Gasteiger partial charge >= 0.3 is 12.1 Å². The number of hydrogen-bond acceptors (Lipinski definition) is 5. The summed E-state index contributed by atoms with van der Waals surface area (Å²) in [5.41, 5.74) is -0.880. The molecule has 1 atom stereocenters. The molecule has 22 heavy (non-hydrogen) atoms. The van der Waals surface area contributed by atoms with E-state index in [1.165, 1.54) is 0 Å². The van der Waals surface area contributed by atoms with Crippen LogP contribution in [0.3, 0.4) is 0 Å². The molecule has 118 valence electrons. The first kappa shape index (κ1) is 16.0. The highest BCUT2D eigenvalue weighted by Gasteiger charge is 2.31. The number of alkyl halides is 3. The van der Waals surface area contributed by atoms with Crippen LogP contribution in [0.1, 0.15) is 40.2 Å². The summed E-state index contributed by atoms with van der Waals surface area (Å²) in [6.45, 7) is 1.73. The molecule has 0 unspecified atom stereocenters. The molecule has 0 aliphatic heterocycles. The molecule has 1 aromatic heterocycles. The largest absolute Gasteiger partial charge is 0.462 e. The fourth-order valence-electron chi connectivity index (χ4n) is 1.82. The second-order valence-corrected chi connectivity index (χ2v) is 4.36. The Kier molecular flexibility index (Phi) is 4.51. The summed E-state index contributed by atoms with van der Waals surface area (Å²) in [6, 6.07) is 3.89. The summed E-state index contributed by atoms with van der Waals surface area (Å²) in [4.78, 5) is 11.7. The Bertz CT molecular complexity index is 649. The van der Waals surface area contributed by atoms with Crippen molar-refractivity contribution in [2.45, 2.75) is 19.2 Å². The van der Waals surface area contributed by atoms with Crippen LogP contribution in [0.25, 0.3) is 0 Å². The Morgan fingerprint density at radius 2 is 2.00 bits per heavy atom. The van der Waals surface area contributed by atoms with Gasteiger partial charge in [0.2, 0.25) is 0 Å². The van der Waals surface area contributed by atoms with Crippen LogP contribution in [-0.4, -0.2) is 22.8 Å². The van der Waals surface area contributed by atoms with E-state index in [-0.39, 0.29) is 23.4 Å². The van der Waals surface area contributed by atoms with Crippen molar-refractivity contribution in [3.8, 4) is 0 Å². The number of carbonyl (C=O) groups is 1. The van der Waals surface area contributed by atoms with Crippen molar-refractivity contribution in [1.29, 1.82) is 0 Å². The van der Waals surface area contributed by atoms with Gasteiger partial charge in [-0.15, -0.1) is 0 Å². The van der Waals surface area contributed by atoms with E-state index in [2.05, 4.69) is 9.68 Å². The van der Waals surface area contributed by atoms with Crippen molar-refractivity contribution in [3.63, 3.8) is 0 Å². The zero-order valence-electron chi connectivity index (χ0n) is 11.4. The third-order valence-electron chi connectivity index (χ3n) is 2.91. The zero-order valence-corrected chi connectivity index (χ0v) is 11.4. The molecule has 2 rings (SSSR count). The number of aliphatic hydroxyl groups excluding tert-OH is 1. The van der Waals surface area contributed by atoms with Gasteiger partial charge in [0.1, 0.15) is 23.6 Å². The average Bonchev–Trinajstić information content (AvgIpc) is 2.95. The lowest BCUT2D eigenvalue weighted by molar-refractivity contribution is -0.137. The fraction of sp³-hybridized carbons (Fsp3) is 0.286. The Morgan fingerprint density at radius 1 is 1.36 bits per heavy atom. The maximum Gasteiger partial charge on any atom is 0.416 e. The molecule has 0 aliphatic carbocycles. The summed E-state index contributed by atoms with van der Waals surface area (Å²) >= 11 is 0. The van der Waals surface area contributed by atoms with Gasteiger partial charge in [-0.1, -0.05) is 17.3 Å². The van der Waals surface area contributed by atoms with Gasteiger partial charge in [0.05, 0.1) is 12.2 Å². The van der Waals surface area contributed by atoms with E-state index >= 15 is 0 Å². The predicted octanol–water partition coefficient (Wildman–Crippen LogP) is 2.95. The van der Waals surface area contributed by atoms with E-state index in [4.69, 9.17) is 4.74 Å². The molecule has 1 N–H and O–H groups in total. The number of aromatic nitrogens is 1. The quantitative estimate of drug-likeness (QED) is 0.878. The standard InChI is InChI=1S/C14H12F3NO4/c1-2-21-13(20)10-7-22-18-11(10)12(19)8-3-5-9(6-4-8)14(15,16)17/h3-7,12,19H,2H2,1H3/t12-/m1/s1. The number of hydrogen-bond donors (Lipinski definition) is 1. The van der Waals surface area contributed by atoms with Crippen molar-refractivity contribution >= 4 is 5.97 Å². The molecular formula is C14H12F3NO4. The van der Waals surface area contributed by atoms with Gasteiger partial charge in [-0.25, -0.2) is 4.79 Å². The maximum absolute atomic E-state index is 12.5. The van der Waals surface area contributed by atoms with Crippen LogP contribution in [0.5, 0.6) is 0 Å². The first-order chi connectivity index (χ1) is 10.3. The Labute approximate surface area is 123 Å². The molecule has 2 aromatic rings. The van der Waals surface area contributed by atoms with Crippen molar-refractivity contribution < 1.29 is 32.3 Å². The van der Waals surface area contributed by atoms with Crippen molar-refractivity contribution in [3.05, 3.63) is 52.9 Å². The maximum atomic E-state index is 12.5. The SMILES string of the molecule is CCOC(=O)c1conc1[C@H](O)c1ccc(C(F)(F)F)cc1. The van der Waals surface area contributed by atoms with Crippen molar-refractivity contribution in [1.82, 2.24) is 5.16 Å². The minimum Gasteiger partial charge on any atom is -0.462 e. The van der Waals surface area contributed by atoms with E-state index in [0.717, 1.165) is 30.5 Å². The number of esters is 1. The number of benzene rings is 1. The summed E-state index contributed by atoms with van der Waals surface area (Å²) < 4.78 is 46.9.